The zero-order valence-electron chi connectivity index (χ0n) is 13.7. The summed E-state index contributed by atoms with van der Waals surface area (Å²) < 4.78 is 91.6. The summed E-state index contributed by atoms with van der Waals surface area (Å²) in [6.45, 7) is 2.24. The monoisotopic (exact) mass is 396 g/mol. The first-order chi connectivity index (χ1) is 12.0. The zero-order valence-corrected chi connectivity index (χ0v) is 14.6. The fraction of sp³-hybridized carbons (Fsp3) is 0.400. The first-order valence-corrected chi connectivity index (χ1v) is 8.97. The van der Waals surface area contributed by atoms with E-state index in [4.69, 9.17) is 9.05 Å². The highest BCUT2D eigenvalue weighted by Gasteiger charge is 2.63. The van der Waals surface area contributed by atoms with Crippen molar-refractivity contribution in [1.82, 2.24) is 4.40 Å². The minimum Gasteiger partial charge on any atom is -0.307 e. The van der Waals surface area contributed by atoms with E-state index in [2.05, 4.69) is 0 Å². The van der Waals surface area contributed by atoms with Crippen LogP contribution in [0.5, 0.6) is 0 Å². The lowest BCUT2D eigenvalue weighted by Crippen LogP contribution is -2.38. The van der Waals surface area contributed by atoms with Crippen LogP contribution in [0.15, 0.2) is 24.4 Å². The Labute approximate surface area is 145 Å². The van der Waals surface area contributed by atoms with Crippen LogP contribution in [0, 0.1) is 11.3 Å². The molecule has 0 aliphatic heterocycles. The lowest BCUT2D eigenvalue weighted by atomic mass is 10.1. The summed E-state index contributed by atoms with van der Waals surface area (Å²) in [5.74, 6) is -5.44. The number of fused-ring (bicyclic) bond motifs is 1. The highest BCUT2D eigenvalue weighted by Crippen LogP contribution is 2.54. The minimum absolute atomic E-state index is 0.264. The normalized spacial score (nSPS) is 13.2. The second-order valence-corrected chi connectivity index (χ2v) is 7.00. The van der Waals surface area contributed by atoms with E-state index < -0.39 is 36.3 Å². The molecule has 0 amide bonds. The number of pyridine rings is 1. The molecular weight excluding hydrogens is 382 g/mol. The summed E-state index contributed by atoms with van der Waals surface area (Å²) in [4.78, 5) is 0. The van der Waals surface area contributed by atoms with E-state index in [9.17, 15) is 31.8 Å². The van der Waals surface area contributed by atoms with E-state index in [1.807, 2.05) is 0 Å². The van der Waals surface area contributed by atoms with Crippen molar-refractivity contribution >= 4 is 18.4 Å². The molecule has 26 heavy (non-hydrogen) atoms. The van der Waals surface area contributed by atoms with Gasteiger partial charge < -0.3 is 13.4 Å². The molecule has 11 heteroatoms. The number of hydrogen-bond donors (Lipinski definition) is 0. The topological polar surface area (TPSA) is 63.7 Å². The van der Waals surface area contributed by atoms with Gasteiger partial charge in [-0.25, -0.2) is 0 Å². The molecule has 0 aromatic carbocycles. The largest absolute Gasteiger partial charge is 0.458 e. The molecular formula is C15H14F5N2O3P. The maximum atomic E-state index is 14.3. The summed E-state index contributed by atoms with van der Waals surface area (Å²) in [5.41, 5.74) is -2.99. The van der Waals surface area contributed by atoms with E-state index in [0.717, 1.165) is 16.7 Å². The van der Waals surface area contributed by atoms with Crippen molar-refractivity contribution in [3.8, 4) is 6.07 Å². The molecule has 5 nitrogen and oxygen atoms in total. The number of aromatic nitrogens is 1. The lowest BCUT2D eigenvalue weighted by Gasteiger charge is -2.23. The van der Waals surface area contributed by atoms with Crippen LogP contribution < -0.4 is 5.30 Å². The standard InChI is InChI=1S/C15H14F5N2O3P/c1-3-24-26(23,25-4-2)13-10-7-5-6-8-22(10)11(9-21)12(13)14(16,17)15(18,19)20/h5-8H,3-4H2,1-2H3. The van der Waals surface area contributed by atoms with Crippen molar-refractivity contribution in [2.75, 3.05) is 13.2 Å². The maximum absolute atomic E-state index is 14.3. The van der Waals surface area contributed by atoms with Crippen molar-refractivity contribution in [2.45, 2.75) is 25.9 Å². The number of nitrogens with zero attached hydrogens (tertiary/aromatic N) is 2. The smallest absolute Gasteiger partial charge is 0.307 e. The van der Waals surface area contributed by atoms with E-state index >= 15 is 0 Å². The van der Waals surface area contributed by atoms with E-state index in [1.165, 1.54) is 32.0 Å². The molecule has 0 saturated carbocycles. The Morgan fingerprint density at radius 1 is 1.15 bits per heavy atom. The Morgan fingerprint density at radius 3 is 2.19 bits per heavy atom. The van der Waals surface area contributed by atoms with Gasteiger partial charge in [-0.1, -0.05) is 6.07 Å². The third-order valence-corrected chi connectivity index (χ3v) is 5.66. The highest BCUT2D eigenvalue weighted by atomic mass is 31.2. The zero-order chi connectivity index (χ0) is 19.8. The van der Waals surface area contributed by atoms with Crippen LogP contribution in [0.25, 0.3) is 5.52 Å². The summed E-state index contributed by atoms with van der Waals surface area (Å²) in [6, 6.07) is 5.19. The van der Waals surface area contributed by atoms with E-state index in [0.29, 0.717) is 0 Å². The van der Waals surface area contributed by atoms with E-state index in [-0.39, 0.29) is 18.7 Å². The van der Waals surface area contributed by atoms with Crippen molar-refractivity contribution in [3.63, 3.8) is 0 Å². The Hall–Kier alpha value is -1.95. The van der Waals surface area contributed by atoms with Crippen molar-refractivity contribution < 1.29 is 35.6 Å². The molecule has 2 rings (SSSR count). The van der Waals surface area contributed by atoms with Gasteiger partial charge in [0.1, 0.15) is 17.1 Å². The molecule has 0 atom stereocenters. The van der Waals surface area contributed by atoms with Gasteiger partial charge in [-0.3, -0.25) is 4.57 Å². The Morgan fingerprint density at radius 2 is 1.73 bits per heavy atom. The summed E-state index contributed by atoms with van der Waals surface area (Å²) in [5, 5.41) is 8.28. The van der Waals surface area contributed by atoms with Gasteiger partial charge in [0, 0.05) is 6.20 Å². The average molecular weight is 396 g/mol. The molecule has 142 valence electrons. The van der Waals surface area contributed by atoms with Gasteiger partial charge in [-0.2, -0.15) is 27.2 Å². The summed E-state index contributed by atoms with van der Waals surface area (Å²) in [7, 11) is -4.57. The fourth-order valence-corrected chi connectivity index (χ4v) is 4.52. The van der Waals surface area contributed by atoms with Crippen molar-refractivity contribution in [3.05, 3.63) is 35.7 Å². The van der Waals surface area contributed by atoms with Gasteiger partial charge in [0.05, 0.1) is 24.3 Å². The van der Waals surface area contributed by atoms with Crippen LogP contribution in [0.1, 0.15) is 25.1 Å². The third kappa shape index (κ3) is 3.11. The van der Waals surface area contributed by atoms with Crippen LogP contribution >= 0.6 is 7.60 Å². The first kappa shape index (κ1) is 20.4. The predicted octanol–water partition coefficient (Wildman–Crippen LogP) is 4.36. The molecule has 0 fully saturated rings. The summed E-state index contributed by atoms with van der Waals surface area (Å²) in [6.07, 6.45) is -4.89. The molecule has 2 aromatic rings. The SMILES string of the molecule is CCOP(=O)(OCC)c1c(C(F)(F)C(F)(F)F)c(C#N)n2ccccc12. The second-order valence-electron chi connectivity index (χ2n) is 5.05. The molecule has 0 bridgehead atoms. The Bertz CT molecular complexity index is 891. The fourth-order valence-electron chi connectivity index (χ4n) is 2.52. The van der Waals surface area contributed by atoms with Gasteiger partial charge >= 0.3 is 19.7 Å². The number of halogens is 5. The van der Waals surface area contributed by atoms with Gasteiger partial charge in [0.2, 0.25) is 0 Å². The van der Waals surface area contributed by atoms with Crippen LogP contribution in [-0.4, -0.2) is 23.8 Å². The van der Waals surface area contributed by atoms with Crippen LogP contribution in [0.2, 0.25) is 0 Å². The minimum atomic E-state index is -6.01. The van der Waals surface area contributed by atoms with Crippen LogP contribution in [0.3, 0.4) is 0 Å². The van der Waals surface area contributed by atoms with Crippen molar-refractivity contribution in [1.29, 1.82) is 5.26 Å². The third-order valence-electron chi connectivity index (χ3n) is 3.46. The van der Waals surface area contributed by atoms with Crippen LogP contribution in [0.4, 0.5) is 22.0 Å². The average Bonchev–Trinajstić information content (AvgIpc) is 2.89. The molecule has 2 heterocycles. The number of nitriles is 1. The first-order valence-electron chi connectivity index (χ1n) is 7.43. The van der Waals surface area contributed by atoms with Gasteiger partial charge in [0.15, 0.2) is 0 Å². The van der Waals surface area contributed by atoms with Crippen molar-refractivity contribution in [2.24, 2.45) is 0 Å². The maximum Gasteiger partial charge on any atom is 0.458 e. The number of hydrogen-bond acceptors (Lipinski definition) is 4. The molecule has 2 aromatic heterocycles. The molecule has 0 radical (unpaired) electrons. The predicted molar refractivity (Wildman–Crippen MR) is 82.6 cm³/mol. The lowest BCUT2D eigenvalue weighted by molar-refractivity contribution is -0.289. The van der Waals surface area contributed by atoms with Gasteiger partial charge in [-0.15, -0.1) is 0 Å². The molecule has 0 spiro atoms. The molecule has 0 saturated heterocycles. The van der Waals surface area contributed by atoms with Gasteiger partial charge in [0.25, 0.3) is 0 Å². The Kier molecular flexibility index (Phi) is 5.47. The molecule has 0 aliphatic rings. The number of alkyl halides is 5. The van der Waals surface area contributed by atoms with Crippen LogP contribution in [-0.2, 0) is 19.5 Å². The molecule has 0 N–H and O–H groups in total. The molecule has 0 unspecified atom stereocenters. The second kappa shape index (κ2) is 6.99. The quantitative estimate of drug-likeness (QED) is 0.538. The van der Waals surface area contributed by atoms with Gasteiger partial charge in [-0.05, 0) is 26.0 Å². The van der Waals surface area contributed by atoms with E-state index in [1.54, 1.807) is 0 Å². The number of rotatable bonds is 6. The summed E-state index contributed by atoms with van der Waals surface area (Å²) >= 11 is 0. The Balaban J connectivity index is 3.04. The molecule has 0 aliphatic carbocycles. The highest BCUT2D eigenvalue weighted by molar-refractivity contribution is 7.62.